The van der Waals surface area contributed by atoms with Gasteiger partial charge in [-0.3, -0.25) is 0 Å². The molecule has 1 heterocycles. The van der Waals surface area contributed by atoms with Gasteiger partial charge in [-0.05, 0) is 117 Å². The number of hydrogen-bond donors (Lipinski definition) is 0. The first-order valence-electron chi connectivity index (χ1n) is 18.9. The Morgan fingerprint density at radius 1 is 0.357 bits per heavy atom. The van der Waals surface area contributed by atoms with Crippen molar-refractivity contribution in [1.82, 2.24) is 4.57 Å². The summed E-state index contributed by atoms with van der Waals surface area (Å²) in [5.74, 6) is 0. The molecule has 0 aliphatic rings. The van der Waals surface area contributed by atoms with Gasteiger partial charge in [0.25, 0.3) is 0 Å². The molecule has 3 heteroatoms. The lowest BCUT2D eigenvalue weighted by molar-refractivity contribution is 1.17. The predicted octanol–water partition coefficient (Wildman–Crippen LogP) is 14.3. The Balaban J connectivity index is 1.01. The summed E-state index contributed by atoms with van der Waals surface area (Å²) in [5, 5.41) is 14.3. The van der Waals surface area contributed by atoms with Gasteiger partial charge in [-0.2, -0.15) is 5.26 Å². The van der Waals surface area contributed by atoms with Crippen molar-refractivity contribution in [2.45, 2.75) is 0 Å². The van der Waals surface area contributed by atoms with Gasteiger partial charge in [-0.15, -0.1) is 0 Å². The molecule has 0 aliphatic carbocycles. The van der Waals surface area contributed by atoms with Crippen LogP contribution in [0.25, 0.3) is 71.6 Å². The van der Waals surface area contributed by atoms with Crippen molar-refractivity contribution in [2.75, 3.05) is 4.90 Å². The summed E-state index contributed by atoms with van der Waals surface area (Å²) < 4.78 is 2.35. The molecule has 10 aromatic rings. The second-order valence-corrected chi connectivity index (χ2v) is 14.1. The molecule has 0 N–H and O–H groups in total. The molecule has 0 saturated heterocycles. The zero-order chi connectivity index (χ0) is 37.4. The lowest BCUT2D eigenvalue weighted by Gasteiger charge is -2.26. The molecule has 56 heavy (non-hydrogen) atoms. The second-order valence-electron chi connectivity index (χ2n) is 14.1. The third-order valence-electron chi connectivity index (χ3n) is 10.9. The van der Waals surface area contributed by atoms with E-state index in [9.17, 15) is 5.26 Å². The quantitative estimate of drug-likeness (QED) is 0.165. The van der Waals surface area contributed by atoms with E-state index in [1.165, 1.54) is 49.3 Å². The summed E-state index contributed by atoms with van der Waals surface area (Å²) in [4.78, 5) is 2.31. The molecule has 0 atom stereocenters. The van der Waals surface area contributed by atoms with Crippen molar-refractivity contribution in [3.63, 3.8) is 0 Å². The molecular formula is C53H35N3. The number of anilines is 3. The topological polar surface area (TPSA) is 32.0 Å². The third kappa shape index (κ3) is 5.87. The van der Waals surface area contributed by atoms with Crippen LogP contribution >= 0.6 is 0 Å². The van der Waals surface area contributed by atoms with Crippen LogP contribution in [-0.2, 0) is 0 Å². The molecule has 0 spiro atoms. The van der Waals surface area contributed by atoms with E-state index in [0.717, 1.165) is 39.4 Å². The first-order chi connectivity index (χ1) is 27.7. The maximum Gasteiger partial charge on any atom is 0.0991 e. The number of aromatic nitrogens is 1. The van der Waals surface area contributed by atoms with E-state index in [1.54, 1.807) is 0 Å². The number of rotatable bonds is 7. The molecule has 262 valence electrons. The number of para-hydroxylation sites is 2. The van der Waals surface area contributed by atoms with Gasteiger partial charge in [0.2, 0.25) is 0 Å². The maximum absolute atomic E-state index is 9.29. The molecule has 0 radical (unpaired) electrons. The average molecular weight is 714 g/mol. The van der Waals surface area contributed by atoms with Crippen LogP contribution in [0.5, 0.6) is 0 Å². The number of nitrogens with zero attached hydrogens (tertiary/aromatic N) is 3. The molecule has 0 amide bonds. The van der Waals surface area contributed by atoms with E-state index < -0.39 is 0 Å². The zero-order valence-corrected chi connectivity index (χ0v) is 30.5. The lowest BCUT2D eigenvalue weighted by atomic mass is 9.96. The number of nitriles is 1. The SMILES string of the molecule is N#Cc1ccc(-c2ccc(N(c3ccc(-c4ccc(-c5cccc6ccccc56)cc4)cc3)c3ccc(-n4c5ccccc5c5ccccc54)cc3)cc2)cc1. The van der Waals surface area contributed by atoms with Gasteiger partial charge in [-0.25, -0.2) is 0 Å². The van der Waals surface area contributed by atoms with Crippen LogP contribution in [0, 0.1) is 11.3 Å². The molecule has 0 fully saturated rings. The van der Waals surface area contributed by atoms with E-state index >= 15 is 0 Å². The molecule has 0 bridgehead atoms. The average Bonchev–Trinajstić information content (AvgIpc) is 3.61. The molecular weight excluding hydrogens is 679 g/mol. The Labute approximate surface area is 326 Å². The van der Waals surface area contributed by atoms with Crippen LogP contribution in [0.1, 0.15) is 5.56 Å². The maximum atomic E-state index is 9.29. The van der Waals surface area contributed by atoms with Crippen LogP contribution in [0.3, 0.4) is 0 Å². The van der Waals surface area contributed by atoms with Gasteiger partial charge < -0.3 is 9.47 Å². The first kappa shape index (κ1) is 32.9. The van der Waals surface area contributed by atoms with E-state index in [2.05, 4.69) is 204 Å². The molecule has 0 saturated carbocycles. The number of hydrogen-bond acceptors (Lipinski definition) is 2. The molecule has 10 rings (SSSR count). The van der Waals surface area contributed by atoms with Crippen LogP contribution in [-0.4, -0.2) is 4.57 Å². The van der Waals surface area contributed by atoms with Gasteiger partial charge in [0, 0.05) is 33.5 Å². The van der Waals surface area contributed by atoms with Gasteiger partial charge >= 0.3 is 0 Å². The fourth-order valence-electron chi connectivity index (χ4n) is 8.06. The summed E-state index contributed by atoms with van der Waals surface area (Å²) in [6.07, 6.45) is 0. The fourth-order valence-corrected chi connectivity index (χ4v) is 8.06. The van der Waals surface area contributed by atoms with Crippen molar-refractivity contribution >= 4 is 49.6 Å². The fraction of sp³-hybridized carbons (Fsp3) is 0. The molecule has 9 aromatic carbocycles. The van der Waals surface area contributed by atoms with Crippen LogP contribution in [0.4, 0.5) is 17.1 Å². The monoisotopic (exact) mass is 713 g/mol. The van der Waals surface area contributed by atoms with E-state index in [0.29, 0.717) is 5.56 Å². The van der Waals surface area contributed by atoms with Crippen molar-refractivity contribution in [3.8, 4) is 45.1 Å². The van der Waals surface area contributed by atoms with E-state index in [-0.39, 0.29) is 0 Å². The van der Waals surface area contributed by atoms with Gasteiger partial charge in [-0.1, -0.05) is 140 Å². The van der Waals surface area contributed by atoms with Gasteiger partial charge in [0.1, 0.15) is 0 Å². The Morgan fingerprint density at radius 3 is 1.30 bits per heavy atom. The summed E-state index contributed by atoms with van der Waals surface area (Å²) in [7, 11) is 0. The Kier molecular flexibility index (Phi) is 8.21. The highest BCUT2D eigenvalue weighted by atomic mass is 15.1. The van der Waals surface area contributed by atoms with Crippen molar-refractivity contribution in [2.24, 2.45) is 0 Å². The van der Waals surface area contributed by atoms with Crippen molar-refractivity contribution in [3.05, 3.63) is 218 Å². The minimum Gasteiger partial charge on any atom is -0.311 e. The zero-order valence-electron chi connectivity index (χ0n) is 30.5. The molecule has 3 nitrogen and oxygen atoms in total. The van der Waals surface area contributed by atoms with Gasteiger partial charge in [0.05, 0.1) is 22.7 Å². The van der Waals surface area contributed by atoms with Gasteiger partial charge in [0.15, 0.2) is 0 Å². The summed E-state index contributed by atoms with van der Waals surface area (Å²) in [6.45, 7) is 0. The second kappa shape index (κ2) is 14.0. The van der Waals surface area contributed by atoms with Crippen LogP contribution in [0.2, 0.25) is 0 Å². The highest BCUT2D eigenvalue weighted by molar-refractivity contribution is 6.09. The minimum absolute atomic E-state index is 0.658. The van der Waals surface area contributed by atoms with Crippen LogP contribution in [0.15, 0.2) is 212 Å². The highest BCUT2D eigenvalue weighted by Crippen LogP contribution is 2.39. The first-order valence-corrected chi connectivity index (χ1v) is 18.9. The Morgan fingerprint density at radius 2 is 0.768 bits per heavy atom. The largest absolute Gasteiger partial charge is 0.311 e. The summed E-state index contributed by atoms with van der Waals surface area (Å²) in [6, 6.07) is 77.6. The standard InChI is InChI=1S/C53H35N3/c54-36-37-16-18-38(19-17-37)40-24-28-44(29-25-40)55(46-32-34-47(35-33-46)56-52-14-5-3-11-50(52)51-12-4-6-15-53(51)56)45-30-26-41(27-31-45)39-20-22-43(23-21-39)49-13-7-9-42-8-1-2-10-48(42)49/h1-35H. The van der Waals surface area contributed by atoms with E-state index in [1.807, 2.05) is 24.3 Å². The molecule has 1 aromatic heterocycles. The normalized spacial score (nSPS) is 11.2. The third-order valence-corrected chi connectivity index (χ3v) is 10.9. The van der Waals surface area contributed by atoms with Crippen molar-refractivity contribution < 1.29 is 0 Å². The highest BCUT2D eigenvalue weighted by Gasteiger charge is 2.16. The minimum atomic E-state index is 0.658. The van der Waals surface area contributed by atoms with E-state index in [4.69, 9.17) is 0 Å². The lowest BCUT2D eigenvalue weighted by Crippen LogP contribution is -2.10. The number of fused-ring (bicyclic) bond motifs is 4. The number of benzene rings is 9. The predicted molar refractivity (Wildman–Crippen MR) is 234 cm³/mol. The summed E-state index contributed by atoms with van der Waals surface area (Å²) in [5.41, 5.74) is 14.3. The Bertz CT molecular complexity index is 2980. The smallest absolute Gasteiger partial charge is 0.0991 e. The summed E-state index contributed by atoms with van der Waals surface area (Å²) >= 11 is 0. The van der Waals surface area contributed by atoms with Crippen molar-refractivity contribution in [1.29, 1.82) is 5.26 Å². The molecule has 0 unspecified atom stereocenters. The van der Waals surface area contributed by atoms with Crippen LogP contribution < -0.4 is 4.90 Å². The Hall–Kier alpha value is -7.67. The molecule has 0 aliphatic heterocycles.